The zero-order valence-corrected chi connectivity index (χ0v) is 15.9. The van der Waals surface area contributed by atoms with Crippen LogP contribution in [0.3, 0.4) is 0 Å². The van der Waals surface area contributed by atoms with Crippen LogP contribution in [0.5, 0.6) is 0 Å². The Labute approximate surface area is 146 Å². The van der Waals surface area contributed by atoms with Crippen LogP contribution < -0.4 is 0 Å². The maximum atomic E-state index is 4.63. The first-order chi connectivity index (χ1) is 10.0. The molecule has 0 aliphatic heterocycles. The third-order valence-corrected chi connectivity index (χ3v) is 3.95. The van der Waals surface area contributed by atoms with Gasteiger partial charge in [-0.05, 0) is 48.9 Å². The predicted molar refractivity (Wildman–Crippen MR) is 90.7 cm³/mol. The van der Waals surface area contributed by atoms with E-state index in [1.165, 1.54) is 33.0 Å². The van der Waals surface area contributed by atoms with E-state index < -0.39 is 0 Å². The average molecular weight is 468 g/mol. The maximum absolute atomic E-state index is 4.63. The fraction of sp³-hybridized carbons (Fsp3) is 0.250. The Hall–Kier alpha value is -1.50. The van der Waals surface area contributed by atoms with Gasteiger partial charge in [-0.15, -0.1) is 0 Å². The summed E-state index contributed by atoms with van der Waals surface area (Å²) in [6, 6.07) is 15.5. The molecule has 115 valence electrons. The van der Waals surface area contributed by atoms with Crippen LogP contribution in [0, 0.1) is 13.8 Å². The van der Waals surface area contributed by atoms with Crippen LogP contribution in [-0.2, 0) is 20.1 Å². The minimum Gasteiger partial charge on any atom is -0.256 e. The Morgan fingerprint density at radius 2 is 1.55 bits per heavy atom. The van der Waals surface area contributed by atoms with Gasteiger partial charge in [-0.1, -0.05) is 49.2 Å². The van der Waals surface area contributed by atoms with Crippen LogP contribution in [0.15, 0.2) is 48.7 Å². The molecular weight excluding hydrogens is 446 g/mol. The second-order valence-corrected chi connectivity index (χ2v) is 6.17. The van der Waals surface area contributed by atoms with Gasteiger partial charge in [0, 0.05) is 37.3 Å². The summed E-state index contributed by atoms with van der Waals surface area (Å²) in [6.07, 6.45) is 1.92. The summed E-state index contributed by atoms with van der Waals surface area (Å²) in [5, 5.41) is 2.50. The van der Waals surface area contributed by atoms with Crippen LogP contribution in [0.25, 0.3) is 22.0 Å². The summed E-state index contributed by atoms with van der Waals surface area (Å²) in [6.45, 7) is 8.73. The van der Waals surface area contributed by atoms with Crippen molar-refractivity contribution in [1.29, 1.82) is 0 Å². The molecule has 0 bridgehead atoms. The molecule has 3 aromatic rings. The molecule has 3 rings (SSSR count). The summed E-state index contributed by atoms with van der Waals surface area (Å²) >= 11 is 0. The quantitative estimate of drug-likeness (QED) is 0.475. The number of hydrogen-bond acceptors (Lipinski definition) is 1. The molecule has 1 nitrogen and oxygen atoms in total. The standard InChI is InChI=1S/C20H21N.Ir/c1-13(2)16-5-6-19-17(12-16)7-8-21-20(19)18-10-14(3)9-15(4)11-18;/h5-13H,1-4H3;. The SMILES string of the molecule is Cc1cc(C)cc(-c2nccc3cc(C(C)C)ccc23)c1.[Ir]. The fourth-order valence-corrected chi connectivity index (χ4v) is 2.90. The van der Waals surface area contributed by atoms with E-state index >= 15 is 0 Å². The van der Waals surface area contributed by atoms with Gasteiger partial charge < -0.3 is 0 Å². The van der Waals surface area contributed by atoms with Gasteiger partial charge >= 0.3 is 0 Å². The maximum Gasteiger partial charge on any atom is 0.0780 e. The molecule has 0 fully saturated rings. The summed E-state index contributed by atoms with van der Waals surface area (Å²) in [5.41, 5.74) is 6.22. The number of hydrogen-bond donors (Lipinski definition) is 0. The van der Waals surface area contributed by atoms with Crippen LogP contribution in [-0.4, -0.2) is 4.98 Å². The molecule has 22 heavy (non-hydrogen) atoms. The second kappa shape index (κ2) is 6.73. The number of aryl methyl sites for hydroxylation is 2. The number of aromatic nitrogens is 1. The van der Waals surface area contributed by atoms with Gasteiger partial charge in [0.25, 0.3) is 0 Å². The largest absolute Gasteiger partial charge is 0.256 e. The van der Waals surface area contributed by atoms with Crippen LogP contribution >= 0.6 is 0 Å². The van der Waals surface area contributed by atoms with Gasteiger partial charge in [0.15, 0.2) is 0 Å². The molecule has 0 spiro atoms. The Morgan fingerprint density at radius 3 is 2.18 bits per heavy atom. The molecule has 0 unspecified atom stereocenters. The van der Waals surface area contributed by atoms with Crippen molar-refractivity contribution in [2.24, 2.45) is 0 Å². The second-order valence-electron chi connectivity index (χ2n) is 6.17. The Kier molecular flexibility index (Phi) is 5.16. The molecule has 0 amide bonds. The third-order valence-electron chi connectivity index (χ3n) is 3.95. The van der Waals surface area contributed by atoms with Crippen molar-refractivity contribution in [3.63, 3.8) is 0 Å². The van der Waals surface area contributed by atoms with Crippen molar-refractivity contribution < 1.29 is 20.1 Å². The van der Waals surface area contributed by atoms with Gasteiger partial charge in [0.1, 0.15) is 0 Å². The van der Waals surface area contributed by atoms with Gasteiger partial charge in [-0.25, -0.2) is 0 Å². The molecule has 0 aliphatic carbocycles. The van der Waals surface area contributed by atoms with Crippen LogP contribution in [0.4, 0.5) is 0 Å². The molecule has 0 atom stereocenters. The number of rotatable bonds is 2. The van der Waals surface area contributed by atoms with E-state index in [1.807, 2.05) is 6.20 Å². The molecular formula is C20H21IrN. The van der Waals surface area contributed by atoms with Gasteiger partial charge in [-0.3, -0.25) is 4.98 Å². The molecule has 1 aromatic heterocycles. The topological polar surface area (TPSA) is 12.9 Å². The predicted octanol–water partition coefficient (Wildman–Crippen LogP) is 5.64. The normalized spacial score (nSPS) is 10.8. The van der Waals surface area contributed by atoms with Crippen molar-refractivity contribution in [3.8, 4) is 11.3 Å². The van der Waals surface area contributed by atoms with E-state index in [0.29, 0.717) is 5.92 Å². The van der Waals surface area contributed by atoms with Crippen molar-refractivity contribution in [1.82, 2.24) is 4.98 Å². The third kappa shape index (κ3) is 3.29. The first kappa shape index (κ1) is 16.9. The van der Waals surface area contributed by atoms with E-state index in [4.69, 9.17) is 0 Å². The number of fused-ring (bicyclic) bond motifs is 1. The molecule has 0 N–H and O–H groups in total. The van der Waals surface area contributed by atoms with Crippen LogP contribution in [0.2, 0.25) is 0 Å². The molecule has 0 saturated heterocycles. The fourth-order valence-electron chi connectivity index (χ4n) is 2.90. The smallest absolute Gasteiger partial charge is 0.0780 e. The molecule has 2 aromatic carbocycles. The Balaban J connectivity index is 0.00000176. The van der Waals surface area contributed by atoms with Crippen LogP contribution in [0.1, 0.15) is 36.5 Å². The number of nitrogens with zero attached hydrogens (tertiary/aromatic N) is 1. The van der Waals surface area contributed by atoms with Gasteiger partial charge in [0.05, 0.1) is 5.69 Å². The van der Waals surface area contributed by atoms with Crippen molar-refractivity contribution in [3.05, 3.63) is 65.4 Å². The minimum absolute atomic E-state index is 0. The van der Waals surface area contributed by atoms with E-state index in [1.54, 1.807) is 0 Å². The summed E-state index contributed by atoms with van der Waals surface area (Å²) in [7, 11) is 0. The Bertz CT molecular complexity index is 786. The van der Waals surface area contributed by atoms with E-state index in [2.05, 4.69) is 75.1 Å². The first-order valence-corrected chi connectivity index (χ1v) is 7.52. The summed E-state index contributed by atoms with van der Waals surface area (Å²) in [5.74, 6) is 0.548. The summed E-state index contributed by atoms with van der Waals surface area (Å²) < 4.78 is 0. The van der Waals surface area contributed by atoms with Crippen molar-refractivity contribution >= 4 is 10.8 Å². The van der Waals surface area contributed by atoms with E-state index in [9.17, 15) is 0 Å². The summed E-state index contributed by atoms with van der Waals surface area (Å²) in [4.78, 5) is 4.63. The zero-order valence-electron chi connectivity index (χ0n) is 13.5. The number of benzene rings is 2. The molecule has 2 heteroatoms. The van der Waals surface area contributed by atoms with E-state index in [0.717, 1.165) is 5.69 Å². The Morgan fingerprint density at radius 1 is 0.864 bits per heavy atom. The number of pyridine rings is 1. The van der Waals surface area contributed by atoms with Crippen molar-refractivity contribution in [2.75, 3.05) is 0 Å². The first-order valence-electron chi connectivity index (χ1n) is 7.52. The zero-order chi connectivity index (χ0) is 15.0. The van der Waals surface area contributed by atoms with Gasteiger partial charge in [-0.2, -0.15) is 0 Å². The molecule has 1 radical (unpaired) electrons. The molecule has 0 aliphatic rings. The average Bonchev–Trinajstić information content (AvgIpc) is 2.45. The molecule has 1 heterocycles. The van der Waals surface area contributed by atoms with Gasteiger partial charge in [0.2, 0.25) is 0 Å². The molecule has 0 saturated carbocycles. The van der Waals surface area contributed by atoms with Crippen molar-refractivity contribution in [2.45, 2.75) is 33.6 Å². The minimum atomic E-state index is 0. The monoisotopic (exact) mass is 468 g/mol. The van der Waals surface area contributed by atoms with E-state index in [-0.39, 0.29) is 20.1 Å².